The molecule has 0 spiro atoms. The van der Waals surface area contributed by atoms with Crippen molar-refractivity contribution in [3.8, 4) is 78.7 Å². The van der Waals surface area contributed by atoms with E-state index in [0.717, 1.165) is 66.8 Å². The van der Waals surface area contributed by atoms with E-state index in [4.69, 9.17) is 15.0 Å². The smallest absolute Gasteiger partial charge is 0.164 e. The Kier molecular flexibility index (Phi) is 10.3. The molecule has 0 fully saturated rings. The molecule has 3 heteroatoms. The van der Waals surface area contributed by atoms with E-state index >= 15 is 0 Å². The van der Waals surface area contributed by atoms with Gasteiger partial charge < -0.3 is 0 Å². The van der Waals surface area contributed by atoms with Gasteiger partial charge >= 0.3 is 0 Å². The summed E-state index contributed by atoms with van der Waals surface area (Å²) in [5.41, 5.74) is 14.0. The average molecular weight is 706 g/mol. The maximum Gasteiger partial charge on any atom is 0.164 e. The summed E-state index contributed by atoms with van der Waals surface area (Å²) < 4.78 is 0. The predicted octanol–water partition coefficient (Wildman–Crippen LogP) is 13.7. The highest BCUT2D eigenvalue weighted by molar-refractivity contribution is 6.06. The standard InChI is InChI=1S/C52H39N3/c1-3-21-38(22-4-2)47-46(36-45(37-23-10-5-11-24-37)48(39-25-12-6-13-26-39)49(47)40-27-14-7-15-28-40)43-33-20-34-44(35-43)52-54-50(41-29-16-8-17-30-41)53-51(55-52)42-31-18-9-19-32-42/h3-36H,1H2,2H3/b22-4-,38-21+. The van der Waals surface area contributed by atoms with Gasteiger partial charge in [-0.2, -0.15) is 0 Å². The summed E-state index contributed by atoms with van der Waals surface area (Å²) in [5, 5.41) is 0. The third-order valence-electron chi connectivity index (χ3n) is 9.60. The molecular weight excluding hydrogens is 667 g/mol. The molecule has 1 heterocycles. The predicted molar refractivity (Wildman–Crippen MR) is 231 cm³/mol. The van der Waals surface area contributed by atoms with Gasteiger partial charge in [-0.3, -0.25) is 0 Å². The molecule has 0 saturated carbocycles. The third kappa shape index (κ3) is 7.37. The van der Waals surface area contributed by atoms with Crippen LogP contribution < -0.4 is 0 Å². The first-order valence-electron chi connectivity index (χ1n) is 18.5. The highest BCUT2D eigenvalue weighted by Gasteiger charge is 2.24. The van der Waals surface area contributed by atoms with Crippen LogP contribution in [0.15, 0.2) is 213 Å². The van der Waals surface area contributed by atoms with Crippen molar-refractivity contribution in [2.45, 2.75) is 6.92 Å². The fraction of sp³-hybridized carbons (Fsp3) is 0.0192. The second-order valence-electron chi connectivity index (χ2n) is 13.2. The van der Waals surface area contributed by atoms with Crippen molar-refractivity contribution >= 4 is 5.57 Å². The number of hydrogen-bond donors (Lipinski definition) is 0. The van der Waals surface area contributed by atoms with Crippen LogP contribution in [0.25, 0.3) is 84.2 Å². The van der Waals surface area contributed by atoms with E-state index in [-0.39, 0.29) is 0 Å². The van der Waals surface area contributed by atoms with Crippen molar-refractivity contribution in [1.82, 2.24) is 15.0 Å². The normalized spacial score (nSPS) is 11.5. The average Bonchev–Trinajstić information content (AvgIpc) is 3.27. The van der Waals surface area contributed by atoms with E-state index < -0.39 is 0 Å². The van der Waals surface area contributed by atoms with Crippen molar-refractivity contribution in [2.75, 3.05) is 0 Å². The van der Waals surface area contributed by atoms with Gasteiger partial charge in [0, 0.05) is 16.7 Å². The molecule has 8 aromatic rings. The van der Waals surface area contributed by atoms with Gasteiger partial charge in [0.15, 0.2) is 17.5 Å². The molecule has 0 radical (unpaired) electrons. The lowest BCUT2D eigenvalue weighted by Gasteiger charge is -2.25. The summed E-state index contributed by atoms with van der Waals surface area (Å²) in [5.74, 6) is 1.87. The van der Waals surface area contributed by atoms with Crippen molar-refractivity contribution in [2.24, 2.45) is 0 Å². The zero-order valence-corrected chi connectivity index (χ0v) is 30.7. The van der Waals surface area contributed by atoms with Gasteiger partial charge in [0.25, 0.3) is 0 Å². The molecule has 0 amide bonds. The number of allylic oxidation sites excluding steroid dienone is 5. The Bertz CT molecular complexity index is 2570. The van der Waals surface area contributed by atoms with Crippen LogP contribution in [0.1, 0.15) is 12.5 Å². The van der Waals surface area contributed by atoms with E-state index in [9.17, 15) is 0 Å². The summed E-state index contributed by atoms with van der Waals surface area (Å²) >= 11 is 0. The lowest BCUT2D eigenvalue weighted by atomic mass is 9.78. The van der Waals surface area contributed by atoms with E-state index in [1.54, 1.807) is 0 Å². The molecule has 0 aliphatic rings. The Balaban J connectivity index is 1.45. The molecule has 0 bridgehead atoms. The molecule has 0 atom stereocenters. The molecule has 0 unspecified atom stereocenters. The summed E-state index contributed by atoms with van der Waals surface area (Å²) in [7, 11) is 0. The Morgan fingerprint density at radius 1 is 0.418 bits per heavy atom. The van der Waals surface area contributed by atoms with Crippen molar-refractivity contribution in [3.63, 3.8) is 0 Å². The zero-order valence-electron chi connectivity index (χ0n) is 30.7. The molecule has 0 aliphatic carbocycles. The quantitative estimate of drug-likeness (QED) is 0.133. The van der Waals surface area contributed by atoms with Crippen LogP contribution in [0.3, 0.4) is 0 Å². The van der Waals surface area contributed by atoms with Crippen LogP contribution in [0.2, 0.25) is 0 Å². The van der Waals surface area contributed by atoms with Gasteiger partial charge in [-0.05, 0) is 74.7 Å². The topological polar surface area (TPSA) is 38.7 Å². The number of rotatable bonds is 10. The summed E-state index contributed by atoms with van der Waals surface area (Å²) in [4.78, 5) is 15.1. The molecular formula is C52H39N3. The Morgan fingerprint density at radius 2 is 0.836 bits per heavy atom. The number of benzene rings is 7. The highest BCUT2D eigenvalue weighted by atomic mass is 15.0. The number of nitrogens with zero attached hydrogens (tertiary/aromatic N) is 3. The molecule has 8 rings (SSSR count). The molecule has 262 valence electrons. The molecule has 7 aromatic carbocycles. The monoisotopic (exact) mass is 705 g/mol. The van der Waals surface area contributed by atoms with E-state index in [1.165, 1.54) is 5.56 Å². The summed E-state index contributed by atoms with van der Waals surface area (Å²) in [6.07, 6.45) is 8.26. The van der Waals surface area contributed by atoms with Crippen LogP contribution in [0.5, 0.6) is 0 Å². The van der Waals surface area contributed by atoms with Gasteiger partial charge in [0.05, 0.1) is 0 Å². The van der Waals surface area contributed by atoms with Gasteiger partial charge in [-0.15, -0.1) is 0 Å². The van der Waals surface area contributed by atoms with Crippen LogP contribution >= 0.6 is 0 Å². The maximum absolute atomic E-state index is 5.08. The molecule has 1 aromatic heterocycles. The van der Waals surface area contributed by atoms with Crippen LogP contribution in [0, 0.1) is 0 Å². The maximum atomic E-state index is 5.08. The minimum absolute atomic E-state index is 0.610. The molecule has 3 nitrogen and oxygen atoms in total. The third-order valence-corrected chi connectivity index (χ3v) is 9.60. The first kappa shape index (κ1) is 34.8. The first-order valence-corrected chi connectivity index (χ1v) is 18.5. The fourth-order valence-corrected chi connectivity index (χ4v) is 7.15. The van der Waals surface area contributed by atoms with E-state index in [1.807, 2.05) is 66.7 Å². The van der Waals surface area contributed by atoms with E-state index in [0.29, 0.717) is 17.5 Å². The zero-order chi connectivity index (χ0) is 37.4. The molecule has 0 saturated heterocycles. The molecule has 0 N–H and O–H groups in total. The van der Waals surface area contributed by atoms with Crippen LogP contribution in [-0.4, -0.2) is 15.0 Å². The minimum Gasteiger partial charge on any atom is -0.208 e. The van der Waals surface area contributed by atoms with Crippen LogP contribution in [-0.2, 0) is 0 Å². The lowest BCUT2D eigenvalue weighted by Crippen LogP contribution is -2.01. The second-order valence-corrected chi connectivity index (χ2v) is 13.2. The summed E-state index contributed by atoms with van der Waals surface area (Å²) in [6.45, 7) is 6.21. The van der Waals surface area contributed by atoms with E-state index in [2.05, 4.69) is 153 Å². The largest absolute Gasteiger partial charge is 0.208 e. The SMILES string of the molecule is C=C/C=C(\C=C/C)c1c(-c2cccc(-c3nc(-c4ccccc4)nc(-c4ccccc4)n3)c2)cc(-c2ccccc2)c(-c2ccccc2)c1-c1ccccc1. The van der Waals surface area contributed by atoms with Gasteiger partial charge in [0.2, 0.25) is 0 Å². The van der Waals surface area contributed by atoms with Crippen LogP contribution in [0.4, 0.5) is 0 Å². The van der Waals surface area contributed by atoms with Gasteiger partial charge in [0.1, 0.15) is 0 Å². The molecule has 0 aliphatic heterocycles. The van der Waals surface area contributed by atoms with Crippen molar-refractivity contribution in [1.29, 1.82) is 0 Å². The Hall–Kier alpha value is -7.23. The number of hydrogen-bond acceptors (Lipinski definition) is 3. The fourth-order valence-electron chi connectivity index (χ4n) is 7.15. The first-order chi connectivity index (χ1) is 27.2. The molecule has 55 heavy (non-hydrogen) atoms. The Morgan fingerprint density at radius 3 is 1.33 bits per heavy atom. The van der Waals surface area contributed by atoms with Crippen molar-refractivity contribution in [3.05, 3.63) is 218 Å². The summed E-state index contributed by atoms with van der Waals surface area (Å²) in [6, 6.07) is 63.3. The van der Waals surface area contributed by atoms with Gasteiger partial charge in [-0.1, -0.05) is 201 Å². The number of aromatic nitrogens is 3. The van der Waals surface area contributed by atoms with Crippen molar-refractivity contribution < 1.29 is 0 Å². The Labute approximate surface area is 323 Å². The van der Waals surface area contributed by atoms with Gasteiger partial charge in [-0.25, -0.2) is 15.0 Å². The second kappa shape index (κ2) is 16.2. The highest BCUT2D eigenvalue weighted by Crippen LogP contribution is 2.49. The lowest BCUT2D eigenvalue weighted by molar-refractivity contribution is 1.07. The minimum atomic E-state index is 0.610.